The van der Waals surface area contributed by atoms with E-state index in [0.717, 1.165) is 0 Å². The first-order valence-electron chi connectivity index (χ1n) is 2.70. The molecule has 5 heteroatoms. The summed E-state index contributed by atoms with van der Waals surface area (Å²) in [6.07, 6.45) is 0. The Morgan fingerprint density at radius 3 is 2.70 bits per heavy atom. The van der Waals surface area contributed by atoms with E-state index >= 15 is 0 Å². The lowest BCUT2D eigenvalue weighted by molar-refractivity contribution is 1.14. The van der Waals surface area contributed by atoms with Crippen LogP contribution < -0.4 is 5.73 Å². The Morgan fingerprint density at radius 2 is 2.20 bits per heavy atom. The van der Waals surface area contributed by atoms with E-state index < -0.39 is 6.04 Å². The van der Waals surface area contributed by atoms with Gasteiger partial charge in [-0.3, -0.25) is 0 Å². The average Bonchev–Trinajstić information content (AvgIpc) is 1.82. The van der Waals surface area contributed by atoms with E-state index in [2.05, 4.69) is 9.98 Å². The normalized spacial score (nSPS) is 25.9. The van der Waals surface area contributed by atoms with Crippen LogP contribution in [0.5, 0.6) is 0 Å². The maximum Gasteiger partial charge on any atom is 0.132 e. The van der Waals surface area contributed by atoms with E-state index in [1.165, 1.54) is 0 Å². The van der Waals surface area contributed by atoms with Gasteiger partial charge in [0, 0.05) is 0 Å². The molecule has 0 aromatic heterocycles. The first-order chi connectivity index (χ1) is 4.61. The molecule has 0 bridgehead atoms. The smallest absolute Gasteiger partial charge is 0.132 e. The summed E-state index contributed by atoms with van der Waals surface area (Å²) in [5.41, 5.74) is 5.47. The maximum atomic E-state index is 5.61. The summed E-state index contributed by atoms with van der Waals surface area (Å²) in [5, 5.41) is 0.317. The van der Waals surface area contributed by atoms with Crippen LogP contribution in [0.3, 0.4) is 0 Å². The van der Waals surface area contributed by atoms with Gasteiger partial charge in [-0.2, -0.15) is 0 Å². The van der Waals surface area contributed by atoms with Crippen molar-refractivity contribution in [3.63, 3.8) is 0 Å². The number of rotatable bonds is 0. The molecule has 0 saturated carbocycles. The molecule has 0 amide bonds. The van der Waals surface area contributed by atoms with Gasteiger partial charge in [0.15, 0.2) is 0 Å². The molecule has 54 valence electrons. The Kier molecular flexibility index (Phi) is 2.13. The molecule has 1 unspecified atom stereocenters. The van der Waals surface area contributed by atoms with Crippen molar-refractivity contribution in [3.8, 4) is 0 Å². The number of hydrogen-bond acceptors (Lipinski definition) is 3. The summed E-state index contributed by atoms with van der Waals surface area (Å²) >= 11 is 10.4. The minimum absolute atomic E-state index is 0.317. The van der Waals surface area contributed by atoms with Crippen LogP contribution in [0, 0.1) is 0 Å². The molecular formula is C5H6ClN3S. The first-order valence-corrected chi connectivity index (χ1v) is 3.48. The number of nitrogens with two attached hydrogens (primary N) is 1. The number of thiocarbonyl (C=S) groups is 1. The van der Waals surface area contributed by atoms with E-state index in [9.17, 15) is 0 Å². The van der Waals surface area contributed by atoms with Gasteiger partial charge in [0.25, 0.3) is 0 Å². The lowest BCUT2D eigenvalue weighted by atomic mass is 10.3. The van der Waals surface area contributed by atoms with E-state index in [1.54, 1.807) is 6.92 Å². The molecule has 0 aromatic carbocycles. The minimum atomic E-state index is -0.486. The Labute approximate surface area is 69.0 Å². The maximum absolute atomic E-state index is 5.61. The number of hydrogen-bond donors (Lipinski definition) is 1. The second kappa shape index (κ2) is 2.74. The molecule has 1 aliphatic heterocycles. The van der Waals surface area contributed by atoms with Crippen molar-refractivity contribution in [3.05, 3.63) is 0 Å². The first kappa shape index (κ1) is 7.78. The molecule has 0 radical (unpaired) electrons. The molecule has 3 nitrogen and oxygen atoms in total. The van der Waals surface area contributed by atoms with Gasteiger partial charge in [0.1, 0.15) is 22.0 Å². The second-order valence-electron chi connectivity index (χ2n) is 1.91. The summed E-state index contributed by atoms with van der Waals surface area (Å²) in [6.45, 7) is 1.72. The van der Waals surface area contributed by atoms with Crippen LogP contribution in [0.4, 0.5) is 0 Å². The monoisotopic (exact) mass is 175 g/mol. The molecule has 0 spiro atoms. The second-order valence-corrected chi connectivity index (χ2v) is 2.71. The van der Waals surface area contributed by atoms with Gasteiger partial charge in [-0.25, -0.2) is 9.98 Å². The van der Waals surface area contributed by atoms with E-state index in [4.69, 9.17) is 29.6 Å². The third-order valence-corrected chi connectivity index (χ3v) is 1.73. The Balaban J connectivity index is 2.95. The van der Waals surface area contributed by atoms with Gasteiger partial charge < -0.3 is 5.73 Å². The van der Waals surface area contributed by atoms with Crippen LogP contribution >= 0.6 is 23.8 Å². The van der Waals surface area contributed by atoms with Gasteiger partial charge in [-0.05, 0) is 6.92 Å². The Morgan fingerprint density at radius 1 is 1.60 bits per heavy atom. The Hall–Kier alpha value is -0.320. The van der Waals surface area contributed by atoms with Crippen LogP contribution in [0.15, 0.2) is 9.98 Å². The number of aliphatic imine (C=N–C) groups is 2. The van der Waals surface area contributed by atoms with Crippen molar-refractivity contribution in [1.29, 1.82) is 0 Å². The zero-order valence-corrected chi connectivity index (χ0v) is 6.91. The highest BCUT2D eigenvalue weighted by Gasteiger charge is 2.17. The lowest BCUT2D eigenvalue weighted by Gasteiger charge is -2.11. The number of halogens is 1. The summed E-state index contributed by atoms with van der Waals surface area (Å²) in [4.78, 5) is 8.10. The lowest BCUT2D eigenvalue weighted by Crippen LogP contribution is -2.37. The van der Waals surface area contributed by atoms with Gasteiger partial charge in [0.2, 0.25) is 0 Å². The molecule has 0 aromatic rings. The van der Waals surface area contributed by atoms with Crippen LogP contribution in [0.1, 0.15) is 6.92 Å². The predicted octanol–water partition coefficient (Wildman–Crippen LogP) is 0.710. The standard InChI is InChI=1S/C5H6ClN3S/c1-2-8-4(6)3(7)5(10)9-2/h3H,7H2,1H3. The summed E-state index contributed by atoms with van der Waals surface area (Å²) in [5.74, 6) is 0.566. The van der Waals surface area contributed by atoms with Crippen LogP contribution in [0.25, 0.3) is 0 Å². The zero-order valence-electron chi connectivity index (χ0n) is 5.34. The van der Waals surface area contributed by atoms with Crippen LogP contribution in [0.2, 0.25) is 0 Å². The fourth-order valence-corrected chi connectivity index (χ4v) is 1.11. The molecule has 0 fully saturated rings. The third kappa shape index (κ3) is 1.39. The highest BCUT2D eigenvalue weighted by molar-refractivity contribution is 7.80. The van der Waals surface area contributed by atoms with Gasteiger partial charge in [-0.1, -0.05) is 23.8 Å². The number of amidine groups is 1. The van der Waals surface area contributed by atoms with Gasteiger partial charge in [-0.15, -0.1) is 0 Å². The molecule has 1 atom stereocenters. The highest BCUT2D eigenvalue weighted by Crippen LogP contribution is 2.04. The van der Waals surface area contributed by atoms with Crippen molar-refractivity contribution in [2.24, 2.45) is 15.7 Å². The molecule has 1 aliphatic rings. The molecule has 2 N–H and O–H groups in total. The van der Waals surface area contributed by atoms with Crippen LogP contribution in [-0.4, -0.2) is 22.0 Å². The third-order valence-electron chi connectivity index (χ3n) is 1.06. The fourth-order valence-electron chi connectivity index (χ4n) is 0.580. The van der Waals surface area contributed by atoms with E-state index in [1.807, 2.05) is 0 Å². The number of nitrogens with zero attached hydrogens (tertiary/aromatic N) is 2. The SMILES string of the molecule is CC1=NC(=S)C(N)C(Cl)=N1. The van der Waals surface area contributed by atoms with Crippen molar-refractivity contribution in [2.75, 3.05) is 0 Å². The molecule has 1 heterocycles. The molecule has 1 rings (SSSR count). The van der Waals surface area contributed by atoms with Crippen molar-refractivity contribution >= 4 is 39.8 Å². The summed E-state index contributed by atoms with van der Waals surface area (Å²) in [7, 11) is 0. The predicted molar refractivity (Wildman–Crippen MR) is 47.0 cm³/mol. The Bertz CT molecular complexity index is 233. The zero-order chi connectivity index (χ0) is 7.72. The molecule has 0 aliphatic carbocycles. The van der Waals surface area contributed by atoms with Crippen molar-refractivity contribution < 1.29 is 0 Å². The molecule has 10 heavy (non-hydrogen) atoms. The highest BCUT2D eigenvalue weighted by atomic mass is 35.5. The molecular weight excluding hydrogens is 170 g/mol. The van der Waals surface area contributed by atoms with Crippen LogP contribution in [-0.2, 0) is 0 Å². The fraction of sp³-hybridized carbons (Fsp3) is 0.400. The largest absolute Gasteiger partial charge is 0.316 e. The van der Waals surface area contributed by atoms with E-state index in [0.29, 0.717) is 16.0 Å². The summed E-state index contributed by atoms with van der Waals surface area (Å²) < 4.78 is 0. The summed E-state index contributed by atoms with van der Waals surface area (Å²) in [6, 6.07) is -0.486. The average molecular weight is 176 g/mol. The van der Waals surface area contributed by atoms with Gasteiger partial charge in [0.05, 0.1) is 0 Å². The quantitative estimate of drug-likeness (QED) is 0.552. The topological polar surface area (TPSA) is 50.7 Å². The van der Waals surface area contributed by atoms with Crippen molar-refractivity contribution in [2.45, 2.75) is 13.0 Å². The minimum Gasteiger partial charge on any atom is -0.316 e. The van der Waals surface area contributed by atoms with Crippen molar-refractivity contribution in [1.82, 2.24) is 0 Å². The van der Waals surface area contributed by atoms with E-state index in [-0.39, 0.29) is 0 Å². The molecule has 0 saturated heterocycles. The van der Waals surface area contributed by atoms with Gasteiger partial charge >= 0.3 is 0 Å².